The number of benzene rings is 2. The van der Waals surface area contributed by atoms with Gasteiger partial charge in [-0.1, -0.05) is 36.4 Å². The summed E-state index contributed by atoms with van der Waals surface area (Å²) in [5, 5.41) is 3.01. The average molecular weight is 378 g/mol. The van der Waals surface area contributed by atoms with E-state index in [1.165, 1.54) is 12.1 Å². The van der Waals surface area contributed by atoms with E-state index < -0.39 is 5.92 Å². The van der Waals surface area contributed by atoms with Crippen LogP contribution in [0.25, 0.3) is 0 Å². The Bertz CT molecular complexity index is 898. The molecule has 4 nitrogen and oxygen atoms in total. The third-order valence-corrected chi connectivity index (χ3v) is 4.64. The Kier molecular flexibility index (Phi) is 6.73. The number of hydrogen-bond acceptors (Lipinski definition) is 3. The molecule has 1 atom stereocenters. The van der Waals surface area contributed by atoms with E-state index in [4.69, 9.17) is 4.74 Å². The molecule has 0 saturated heterocycles. The predicted molar refractivity (Wildman–Crippen MR) is 107 cm³/mol. The van der Waals surface area contributed by atoms with Crippen molar-refractivity contribution >= 4 is 5.91 Å². The first-order valence-corrected chi connectivity index (χ1v) is 9.21. The zero-order chi connectivity index (χ0) is 19.8. The lowest BCUT2D eigenvalue weighted by atomic mass is 9.91. The molecule has 2 aromatic carbocycles. The fourth-order valence-corrected chi connectivity index (χ4v) is 3.16. The molecule has 0 spiro atoms. The quantitative estimate of drug-likeness (QED) is 0.646. The van der Waals surface area contributed by atoms with Gasteiger partial charge in [-0.05, 0) is 53.8 Å². The van der Waals surface area contributed by atoms with E-state index in [2.05, 4.69) is 10.3 Å². The van der Waals surface area contributed by atoms with E-state index in [-0.39, 0.29) is 11.7 Å². The van der Waals surface area contributed by atoms with Gasteiger partial charge in [-0.2, -0.15) is 0 Å². The van der Waals surface area contributed by atoms with Crippen molar-refractivity contribution < 1.29 is 13.9 Å². The number of carbonyl (C=O) groups excluding carboxylic acids is 1. The molecule has 1 amide bonds. The van der Waals surface area contributed by atoms with E-state index in [9.17, 15) is 9.18 Å². The molecule has 1 heterocycles. The first kappa shape index (κ1) is 19.5. The van der Waals surface area contributed by atoms with Gasteiger partial charge in [0.2, 0.25) is 5.91 Å². The number of halogens is 1. The Morgan fingerprint density at radius 1 is 1.11 bits per heavy atom. The van der Waals surface area contributed by atoms with Gasteiger partial charge in [0.05, 0.1) is 13.0 Å². The molecule has 0 radical (unpaired) electrons. The summed E-state index contributed by atoms with van der Waals surface area (Å²) in [6, 6.07) is 17.6. The molecule has 3 rings (SSSR count). The SMILES string of the molecule is COc1ccccc1CCNC(=O)C(Cc1cccnc1)c1ccc(F)cc1. The highest BCUT2D eigenvalue weighted by Crippen LogP contribution is 2.22. The maximum absolute atomic E-state index is 13.3. The number of ether oxygens (including phenoxy) is 1. The summed E-state index contributed by atoms with van der Waals surface area (Å²) in [5.74, 6) is -0.0181. The van der Waals surface area contributed by atoms with Crippen molar-refractivity contribution in [3.63, 3.8) is 0 Å². The van der Waals surface area contributed by atoms with Crippen molar-refractivity contribution in [2.24, 2.45) is 0 Å². The number of pyridine rings is 1. The first-order chi connectivity index (χ1) is 13.7. The second-order valence-corrected chi connectivity index (χ2v) is 6.52. The summed E-state index contributed by atoms with van der Waals surface area (Å²) >= 11 is 0. The van der Waals surface area contributed by atoms with Gasteiger partial charge in [0.25, 0.3) is 0 Å². The Morgan fingerprint density at radius 3 is 2.61 bits per heavy atom. The fraction of sp³-hybridized carbons (Fsp3) is 0.217. The maximum Gasteiger partial charge on any atom is 0.227 e. The highest BCUT2D eigenvalue weighted by molar-refractivity contribution is 5.84. The van der Waals surface area contributed by atoms with Crippen molar-refractivity contribution in [3.8, 4) is 5.75 Å². The van der Waals surface area contributed by atoms with Gasteiger partial charge in [0, 0.05) is 18.9 Å². The fourth-order valence-electron chi connectivity index (χ4n) is 3.16. The van der Waals surface area contributed by atoms with Crippen LogP contribution in [0.15, 0.2) is 73.1 Å². The second-order valence-electron chi connectivity index (χ2n) is 6.52. The summed E-state index contributed by atoms with van der Waals surface area (Å²) in [6.07, 6.45) is 4.61. The Morgan fingerprint density at radius 2 is 1.89 bits per heavy atom. The van der Waals surface area contributed by atoms with Crippen LogP contribution < -0.4 is 10.1 Å². The Labute approximate surface area is 164 Å². The highest BCUT2D eigenvalue weighted by Gasteiger charge is 2.21. The van der Waals surface area contributed by atoms with Crippen LogP contribution >= 0.6 is 0 Å². The average Bonchev–Trinajstić information content (AvgIpc) is 2.74. The number of nitrogens with zero attached hydrogens (tertiary/aromatic N) is 1. The third kappa shape index (κ3) is 5.16. The zero-order valence-corrected chi connectivity index (χ0v) is 15.8. The molecule has 0 saturated carbocycles. The van der Waals surface area contributed by atoms with Gasteiger partial charge in [0.15, 0.2) is 0 Å². The third-order valence-electron chi connectivity index (χ3n) is 4.64. The molecule has 1 unspecified atom stereocenters. The minimum Gasteiger partial charge on any atom is -0.496 e. The predicted octanol–water partition coefficient (Wildman–Crippen LogP) is 3.91. The first-order valence-electron chi connectivity index (χ1n) is 9.21. The van der Waals surface area contributed by atoms with Crippen LogP contribution in [0, 0.1) is 5.82 Å². The largest absolute Gasteiger partial charge is 0.496 e. The molecule has 0 aliphatic heterocycles. The second kappa shape index (κ2) is 9.65. The number of aromatic nitrogens is 1. The molecule has 28 heavy (non-hydrogen) atoms. The number of rotatable bonds is 8. The summed E-state index contributed by atoms with van der Waals surface area (Å²) in [5.41, 5.74) is 2.77. The molecule has 0 bridgehead atoms. The molecular formula is C23H23FN2O2. The van der Waals surface area contributed by atoms with E-state index >= 15 is 0 Å². The van der Waals surface area contributed by atoms with Crippen LogP contribution in [0.5, 0.6) is 5.75 Å². The van der Waals surface area contributed by atoms with Crippen molar-refractivity contribution in [2.45, 2.75) is 18.8 Å². The van der Waals surface area contributed by atoms with Gasteiger partial charge in [-0.3, -0.25) is 9.78 Å². The van der Waals surface area contributed by atoms with Crippen molar-refractivity contribution in [1.29, 1.82) is 0 Å². The van der Waals surface area contributed by atoms with Crippen molar-refractivity contribution in [3.05, 3.63) is 95.6 Å². The van der Waals surface area contributed by atoms with Gasteiger partial charge in [-0.25, -0.2) is 4.39 Å². The number of para-hydroxylation sites is 1. The molecule has 0 fully saturated rings. The van der Waals surface area contributed by atoms with E-state index in [1.807, 2.05) is 36.4 Å². The number of methoxy groups -OCH3 is 1. The monoisotopic (exact) mass is 378 g/mol. The lowest BCUT2D eigenvalue weighted by Gasteiger charge is -2.18. The molecule has 144 valence electrons. The topological polar surface area (TPSA) is 51.2 Å². The Balaban J connectivity index is 1.70. The molecule has 0 aliphatic rings. The Hall–Kier alpha value is -3.21. The minimum atomic E-state index is -0.414. The van der Waals surface area contributed by atoms with Gasteiger partial charge < -0.3 is 10.1 Å². The van der Waals surface area contributed by atoms with Crippen LogP contribution in [-0.4, -0.2) is 24.5 Å². The van der Waals surface area contributed by atoms with Crippen LogP contribution in [0.1, 0.15) is 22.6 Å². The number of carbonyl (C=O) groups is 1. The van der Waals surface area contributed by atoms with E-state index in [0.29, 0.717) is 19.4 Å². The standard InChI is InChI=1S/C23H23FN2O2/c1-28-22-7-3-2-6-19(22)12-14-26-23(27)21(15-17-5-4-13-25-16-17)18-8-10-20(24)11-9-18/h2-11,13,16,21H,12,14-15H2,1H3,(H,26,27). The van der Waals surface area contributed by atoms with Gasteiger partial charge in [0.1, 0.15) is 11.6 Å². The van der Waals surface area contributed by atoms with Crippen molar-refractivity contribution in [1.82, 2.24) is 10.3 Å². The molecule has 5 heteroatoms. The number of hydrogen-bond donors (Lipinski definition) is 1. The molecule has 1 N–H and O–H groups in total. The summed E-state index contributed by atoms with van der Waals surface area (Å²) in [7, 11) is 1.63. The summed E-state index contributed by atoms with van der Waals surface area (Å²) < 4.78 is 18.7. The van der Waals surface area contributed by atoms with Crippen LogP contribution in [0.3, 0.4) is 0 Å². The minimum absolute atomic E-state index is 0.0923. The van der Waals surface area contributed by atoms with Crippen LogP contribution in [-0.2, 0) is 17.6 Å². The highest BCUT2D eigenvalue weighted by atomic mass is 19.1. The number of nitrogens with one attached hydrogen (secondary N) is 1. The van der Waals surface area contributed by atoms with E-state index in [1.54, 1.807) is 31.6 Å². The summed E-state index contributed by atoms with van der Waals surface area (Å²) in [4.78, 5) is 17.0. The van der Waals surface area contributed by atoms with Gasteiger partial charge in [-0.15, -0.1) is 0 Å². The lowest BCUT2D eigenvalue weighted by molar-refractivity contribution is -0.122. The lowest BCUT2D eigenvalue weighted by Crippen LogP contribution is -2.32. The molecule has 0 aliphatic carbocycles. The van der Waals surface area contributed by atoms with Crippen molar-refractivity contribution in [2.75, 3.05) is 13.7 Å². The maximum atomic E-state index is 13.3. The normalized spacial score (nSPS) is 11.6. The van der Waals surface area contributed by atoms with Crippen LogP contribution in [0.2, 0.25) is 0 Å². The summed E-state index contributed by atoms with van der Waals surface area (Å²) in [6.45, 7) is 0.490. The molecule has 3 aromatic rings. The zero-order valence-electron chi connectivity index (χ0n) is 15.8. The van der Waals surface area contributed by atoms with E-state index in [0.717, 1.165) is 22.4 Å². The number of amides is 1. The van der Waals surface area contributed by atoms with Crippen LogP contribution in [0.4, 0.5) is 4.39 Å². The van der Waals surface area contributed by atoms with Gasteiger partial charge >= 0.3 is 0 Å². The smallest absolute Gasteiger partial charge is 0.227 e. The molecular weight excluding hydrogens is 355 g/mol. The molecule has 1 aromatic heterocycles.